The van der Waals surface area contributed by atoms with Crippen LogP contribution in [-0.4, -0.2) is 17.7 Å². The predicted molar refractivity (Wildman–Crippen MR) is 63.4 cm³/mol. The van der Waals surface area contributed by atoms with Crippen molar-refractivity contribution < 1.29 is 14.6 Å². The van der Waals surface area contributed by atoms with Gasteiger partial charge in [0.25, 0.3) is 0 Å². The Balaban J connectivity index is 2.72. The molecule has 1 rings (SSSR count). The number of phenolic OH excluding ortho intramolecular Hbond substituents is 1. The zero-order valence-corrected chi connectivity index (χ0v) is 9.40. The smallest absolute Gasteiger partial charge is 0.341 e. The fraction of sp³-hybridized carbons (Fsp3) is 0.308. The SMILES string of the molecule is C=Cc1ccc(C(=O)OCCCC)c(O)c1. The van der Waals surface area contributed by atoms with E-state index in [1.165, 1.54) is 6.07 Å². The van der Waals surface area contributed by atoms with Gasteiger partial charge in [0.2, 0.25) is 0 Å². The Kier molecular flexibility index (Phi) is 4.58. The Morgan fingerprint density at radius 2 is 2.31 bits per heavy atom. The number of ether oxygens (including phenoxy) is 1. The summed E-state index contributed by atoms with van der Waals surface area (Å²) < 4.78 is 5.00. The third-order valence-electron chi connectivity index (χ3n) is 2.21. The highest BCUT2D eigenvalue weighted by Crippen LogP contribution is 2.20. The second-order valence-electron chi connectivity index (χ2n) is 3.47. The van der Waals surface area contributed by atoms with Crippen molar-refractivity contribution >= 4 is 12.0 Å². The highest BCUT2D eigenvalue weighted by Gasteiger charge is 2.12. The molecular weight excluding hydrogens is 204 g/mol. The van der Waals surface area contributed by atoms with E-state index < -0.39 is 5.97 Å². The number of hydrogen-bond donors (Lipinski definition) is 1. The van der Waals surface area contributed by atoms with Gasteiger partial charge in [-0.3, -0.25) is 0 Å². The van der Waals surface area contributed by atoms with Gasteiger partial charge in [0.15, 0.2) is 0 Å². The summed E-state index contributed by atoms with van der Waals surface area (Å²) in [4.78, 5) is 11.5. The van der Waals surface area contributed by atoms with Crippen molar-refractivity contribution in [1.29, 1.82) is 0 Å². The molecule has 0 bridgehead atoms. The van der Waals surface area contributed by atoms with Crippen LogP contribution in [0.4, 0.5) is 0 Å². The van der Waals surface area contributed by atoms with Gasteiger partial charge in [-0.2, -0.15) is 0 Å². The molecule has 1 aromatic rings. The first kappa shape index (κ1) is 12.3. The molecule has 3 nitrogen and oxygen atoms in total. The van der Waals surface area contributed by atoms with Crippen molar-refractivity contribution in [2.75, 3.05) is 6.61 Å². The van der Waals surface area contributed by atoms with Crippen molar-refractivity contribution in [3.63, 3.8) is 0 Å². The van der Waals surface area contributed by atoms with Crippen LogP contribution < -0.4 is 0 Å². The number of unbranched alkanes of at least 4 members (excludes halogenated alkanes) is 1. The Hall–Kier alpha value is -1.77. The van der Waals surface area contributed by atoms with Crippen molar-refractivity contribution in [3.8, 4) is 5.75 Å². The second kappa shape index (κ2) is 5.95. The summed E-state index contributed by atoms with van der Waals surface area (Å²) in [5.41, 5.74) is 0.962. The summed E-state index contributed by atoms with van der Waals surface area (Å²) in [6.07, 6.45) is 3.40. The molecule has 0 radical (unpaired) electrons. The van der Waals surface area contributed by atoms with Gasteiger partial charge >= 0.3 is 5.97 Å². The average molecular weight is 220 g/mol. The van der Waals surface area contributed by atoms with Crippen LogP contribution in [-0.2, 0) is 4.74 Å². The Morgan fingerprint density at radius 3 is 2.88 bits per heavy atom. The lowest BCUT2D eigenvalue weighted by atomic mass is 10.1. The zero-order chi connectivity index (χ0) is 12.0. The Labute approximate surface area is 95.4 Å². The number of hydrogen-bond acceptors (Lipinski definition) is 3. The fourth-order valence-corrected chi connectivity index (χ4v) is 1.24. The van der Waals surface area contributed by atoms with Gasteiger partial charge in [0, 0.05) is 0 Å². The van der Waals surface area contributed by atoms with Crippen LogP contribution >= 0.6 is 0 Å². The lowest BCUT2D eigenvalue weighted by Gasteiger charge is -2.06. The highest BCUT2D eigenvalue weighted by molar-refractivity contribution is 5.92. The predicted octanol–water partition coefficient (Wildman–Crippen LogP) is 2.99. The van der Waals surface area contributed by atoms with Crippen LogP contribution in [0.3, 0.4) is 0 Å². The summed E-state index contributed by atoms with van der Waals surface area (Å²) in [5, 5.41) is 9.60. The van der Waals surface area contributed by atoms with Crippen molar-refractivity contribution in [2.45, 2.75) is 19.8 Å². The first-order chi connectivity index (χ1) is 7.69. The summed E-state index contributed by atoms with van der Waals surface area (Å²) in [6, 6.07) is 4.74. The molecule has 0 amide bonds. The molecule has 0 aliphatic rings. The van der Waals surface area contributed by atoms with Gasteiger partial charge in [-0.05, 0) is 24.1 Å². The number of carbonyl (C=O) groups excluding carboxylic acids is 1. The quantitative estimate of drug-likeness (QED) is 0.613. The molecule has 0 fully saturated rings. The van der Waals surface area contributed by atoms with Crippen LogP contribution in [0.5, 0.6) is 5.75 Å². The highest BCUT2D eigenvalue weighted by atomic mass is 16.5. The van der Waals surface area contributed by atoms with Crippen molar-refractivity contribution in [2.24, 2.45) is 0 Å². The van der Waals surface area contributed by atoms with E-state index in [0.717, 1.165) is 18.4 Å². The van der Waals surface area contributed by atoms with E-state index in [1.54, 1.807) is 18.2 Å². The van der Waals surface area contributed by atoms with Gasteiger partial charge in [-0.25, -0.2) is 4.79 Å². The molecule has 86 valence electrons. The number of aromatic hydroxyl groups is 1. The third-order valence-corrected chi connectivity index (χ3v) is 2.21. The third kappa shape index (κ3) is 3.12. The normalized spacial score (nSPS) is 9.81. The van der Waals surface area contributed by atoms with E-state index in [-0.39, 0.29) is 11.3 Å². The molecule has 0 saturated heterocycles. The van der Waals surface area contributed by atoms with Crippen LogP contribution in [0, 0.1) is 0 Å². The number of benzene rings is 1. The van der Waals surface area contributed by atoms with Gasteiger partial charge < -0.3 is 9.84 Å². The first-order valence-corrected chi connectivity index (χ1v) is 5.31. The lowest BCUT2D eigenvalue weighted by Crippen LogP contribution is -2.06. The van der Waals surface area contributed by atoms with E-state index in [0.29, 0.717) is 6.61 Å². The average Bonchev–Trinajstić information content (AvgIpc) is 2.29. The molecule has 0 heterocycles. The van der Waals surface area contributed by atoms with Gasteiger partial charge in [0.1, 0.15) is 11.3 Å². The van der Waals surface area contributed by atoms with E-state index in [4.69, 9.17) is 4.74 Å². The van der Waals surface area contributed by atoms with Crippen LogP contribution in [0.25, 0.3) is 6.08 Å². The van der Waals surface area contributed by atoms with Gasteiger partial charge in [-0.15, -0.1) is 0 Å². The van der Waals surface area contributed by atoms with Gasteiger partial charge in [0.05, 0.1) is 6.61 Å². The summed E-state index contributed by atoms with van der Waals surface area (Å²) >= 11 is 0. The summed E-state index contributed by atoms with van der Waals surface area (Å²) in [6.45, 7) is 5.98. The van der Waals surface area contributed by atoms with Gasteiger partial charge in [-0.1, -0.05) is 32.1 Å². The standard InChI is InChI=1S/C13H16O3/c1-3-5-8-16-13(15)11-7-6-10(4-2)9-12(11)14/h4,6-7,9,14H,2-3,5,8H2,1H3. The molecule has 0 unspecified atom stereocenters. The van der Waals surface area contributed by atoms with Crippen LogP contribution in [0.15, 0.2) is 24.8 Å². The number of esters is 1. The number of carbonyl (C=O) groups is 1. The fourth-order valence-electron chi connectivity index (χ4n) is 1.24. The molecule has 0 aliphatic carbocycles. The first-order valence-electron chi connectivity index (χ1n) is 5.31. The minimum Gasteiger partial charge on any atom is -0.507 e. The van der Waals surface area contributed by atoms with Crippen LogP contribution in [0.2, 0.25) is 0 Å². The maximum atomic E-state index is 11.5. The topological polar surface area (TPSA) is 46.5 Å². The molecule has 0 saturated carbocycles. The lowest BCUT2D eigenvalue weighted by molar-refractivity contribution is 0.0496. The van der Waals surface area contributed by atoms with E-state index in [9.17, 15) is 9.90 Å². The van der Waals surface area contributed by atoms with E-state index in [1.807, 2.05) is 6.92 Å². The zero-order valence-electron chi connectivity index (χ0n) is 9.40. The maximum absolute atomic E-state index is 11.5. The number of rotatable bonds is 5. The molecule has 3 heteroatoms. The van der Waals surface area contributed by atoms with Crippen LogP contribution in [0.1, 0.15) is 35.7 Å². The molecule has 1 aromatic carbocycles. The minimum atomic E-state index is -0.485. The molecule has 0 spiro atoms. The molecule has 0 aromatic heterocycles. The van der Waals surface area contributed by atoms with E-state index >= 15 is 0 Å². The largest absolute Gasteiger partial charge is 0.507 e. The minimum absolute atomic E-state index is 0.0705. The molecular formula is C13H16O3. The monoisotopic (exact) mass is 220 g/mol. The molecule has 0 atom stereocenters. The second-order valence-corrected chi connectivity index (χ2v) is 3.47. The Bertz CT molecular complexity index is 383. The Morgan fingerprint density at radius 1 is 1.56 bits per heavy atom. The summed E-state index contributed by atoms with van der Waals surface area (Å²) in [5.74, 6) is -0.555. The van der Waals surface area contributed by atoms with E-state index in [2.05, 4.69) is 6.58 Å². The molecule has 1 N–H and O–H groups in total. The van der Waals surface area contributed by atoms with Crippen molar-refractivity contribution in [3.05, 3.63) is 35.9 Å². The molecule has 16 heavy (non-hydrogen) atoms. The van der Waals surface area contributed by atoms with Crippen molar-refractivity contribution in [1.82, 2.24) is 0 Å². The number of phenols is 1. The molecule has 0 aliphatic heterocycles. The maximum Gasteiger partial charge on any atom is 0.341 e. The summed E-state index contributed by atoms with van der Waals surface area (Å²) in [7, 11) is 0.